The first kappa shape index (κ1) is 23.4. The second-order valence-corrected chi connectivity index (χ2v) is 8.43. The van der Waals surface area contributed by atoms with Crippen LogP contribution in [-0.4, -0.2) is 41.3 Å². The number of nitro benzene ring substituents is 1. The molecule has 1 saturated heterocycles. The average molecular weight is 438 g/mol. The number of piperidine rings is 1. The Morgan fingerprint density at radius 3 is 2.28 bits per heavy atom. The molecule has 0 aliphatic carbocycles. The molecule has 2 amide bonds. The minimum atomic E-state index is -0.411. The molecule has 32 heavy (non-hydrogen) atoms. The number of nitrogens with one attached hydrogen (secondary N) is 1. The van der Waals surface area contributed by atoms with E-state index >= 15 is 0 Å². The topological polar surface area (TPSA) is 92.5 Å². The van der Waals surface area contributed by atoms with Gasteiger partial charge in [-0.05, 0) is 56.2 Å². The van der Waals surface area contributed by atoms with E-state index in [0.29, 0.717) is 38.0 Å². The van der Waals surface area contributed by atoms with Crippen LogP contribution in [0.25, 0.3) is 0 Å². The predicted octanol–water partition coefficient (Wildman–Crippen LogP) is 4.37. The Hall–Kier alpha value is -3.22. The Balaban J connectivity index is 1.42. The highest BCUT2D eigenvalue weighted by atomic mass is 16.6. The van der Waals surface area contributed by atoms with Crippen LogP contribution < -0.4 is 5.32 Å². The lowest BCUT2D eigenvalue weighted by molar-refractivity contribution is -0.384. The molecule has 0 atom stereocenters. The summed E-state index contributed by atoms with van der Waals surface area (Å²) in [5, 5.41) is 13.8. The van der Waals surface area contributed by atoms with Gasteiger partial charge in [-0.25, -0.2) is 0 Å². The van der Waals surface area contributed by atoms with Crippen LogP contribution in [0.5, 0.6) is 0 Å². The number of non-ortho nitro benzene ring substituents is 1. The molecule has 0 aromatic heterocycles. The van der Waals surface area contributed by atoms with Crippen LogP contribution in [0.3, 0.4) is 0 Å². The van der Waals surface area contributed by atoms with E-state index in [1.165, 1.54) is 12.1 Å². The van der Waals surface area contributed by atoms with Crippen LogP contribution in [0.1, 0.15) is 54.9 Å². The Labute approximate surface area is 189 Å². The third kappa shape index (κ3) is 5.72. The van der Waals surface area contributed by atoms with Gasteiger partial charge in [0.25, 0.3) is 11.6 Å². The van der Waals surface area contributed by atoms with Crippen molar-refractivity contribution < 1.29 is 14.5 Å². The maximum Gasteiger partial charge on any atom is 0.269 e. The fraction of sp³-hybridized carbons (Fsp3) is 0.440. The molecular formula is C25H31N3O4. The second kappa shape index (κ2) is 10.9. The van der Waals surface area contributed by atoms with Crippen LogP contribution >= 0.6 is 0 Å². The van der Waals surface area contributed by atoms with Crippen LogP contribution in [0, 0.1) is 15.5 Å². The molecule has 7 nitrogen and oxygen atoms in total. The highest BCUT2D eigenvalue weighted by molar-refractivity contribution is 5.94. The zero-order valence-corrected chi connectivity index (χ0v) is 18.6. The molecule has 0 bridgehead atoms. The Kier molecular flexibility index (Phi) is 7.98. The highest BCUT2D eigenvalue weighted by Gasteiger charge is 2.40. The summed E-state index contributed by atoms with van der Waals surface area (Å²) in [7, 11) is 0. The minimum absolute atomic E-state index is 0.0296. The molecule has 7 heteroatoms. The molecule has 170 valence electrons. The van der Waals surface area contributed by atoms with Gasteiger partial charge >= 0.3 is 0 Å². The standard InChI is InChI=1S/C25H31N3O4/c1-2-25(15-18-27(19-16-25)23(29)21-9-4-3-5-10-21)24(30)26-17-7-6-8-20-11-13-22(14-12-20)28(31)32/h3-5,9-14H,2,6-8,15-19H2,1H3,(H,26,30). The number of carbonyl (C=O) groups excluding carboxylic acids is 2. The van der Waals surface area contributed by atoms with Crippen molar-refractivity contribution >= 4 is 17.5 Å². The first-order chi connectivity index (χ1) is 15.4. The Morgan fingerprint density at radius 2 is 1.69 bits per heavy atom. The van der Waals surface area contributed by atoms with Crippen LogP contribution in [0.15, 0.2) is 54.6 Å². The molecule has 0 saturated carbocycles. The molecule has 1 aliphatic heterocycles. The molecule has 0 radical (unpaired) electrons. The third-order valence-electron chi connectivity index (χ3n) is 6.51. The van der Waals surface area contributed by atoms with Gasteiger partial charge in [0, 0.05) is 37.3 Å². The normalized spacial score (nSPS) is 15.2. The SMILES string of the molecule is CCC1(C(=O)NCCCCc2ccc([N+](=O)[O-])cc2)CCN(C(=O)c2ccccc2)CC1. The maximum absolute atomic E-state index is 13.0. The molecule has 0 spiro atoms. The zero-order valence-electron chi connectivity index (χ0n) is 18.6. The van der Waals surface area contributed by atoms with Gasteiger partial charge in [0.15, 0.2) is 0 Å². The summed E-state index contributed by atoms with van der Waals surface area (Å²) in [4.78, 5) is 37.8. The molecule has 2 aromatic carbocycles. The van der Waals surface area contributed by atoms with E-state index in [2.05, 4.69) is 5.32 Å². The number of nitro groups is 1. The molecule has 1 heterocycles. The largest absolute Gasteiger partial charge is 0.356 e. The number of amides is 2. The van der Waals surface area contributed by atoms with E-state index in [0.717, 1.165) is 31.2 Å². The van der Waals surface area contributed by atoms with Gasteiger partial charge in [-0.3, -0.25) is 19.7 Å². The molecule has 1 aliphatic rings. The van der Waals surface area contributed by atoms with Gasteiger partial charge in [0.1, 0.15) is 0 Å². The fourth-order valence-corrected chi connectivity index (χ4v) is 4.27. The van der Waals surface area contributed by atoms with Crippen LogP contribution in [0.4, 0.5) is 5.69 Å². The van der Waals surface area contributed by atoms with Crippen molar-refractivity contribution in [2.75, 3.05) is 19.6 Å². The minimum Gasteiger partial charge on any atom is -0.356 e. The van der Waals surface area contributed by atoms with E-state index < -0.39 is 10.3 Å². The van der Waals surface area contributed by atoms with Gasteiger partial charge < -0.3 is 10.2 Å². The molecular weight excluding hydrogens is 406 g/mol. The summed E-state index contributed by atoms with van der Waals surface area (Å²) < 4.78 is 0. The lowest BCUT2D eigenvalue weighted by atomic mass is 9.75. The number of hydrogen-bond acceptors (Lipinski definition) is 4. The number of nitrogens with zero attached hydrogens (tertiary/aromatic N) is 2. The molecule has 0 unspecified atom stereocenters. The zero-order chi connectivity index (χ0) is 23.0. The first-order valence-corrected chi connectivity index (χ1v) is 11.3. The molecule has 1 N–H and O–H groups in total. The molecule has 2 aromatic rings. The van der Waals surface area contributed by atoms with Crippen molar-refractivity contribution in [2.24, 2.45) is 5.41 Å². The van der Waals surface area contributed by atoms with Crippen molar-refractivity contribution in [1.82, 2.24) is 10.2 Å². The van der Waals surface area contributed by atoms with Gasteiger partial charge in [-0.15, -0.1) is 0 Å². The summed E-state index contributed by atoms with van der Waals surface area (Å²) in [5.74, 6) is 0.115. The van der Waals surface area contributed by atoms with E-state index in [4.69, 9.17) is 0 Å². The first-order valence-electron chi connectivity index (χ1n) is 11.3. The predicted molar refractivity (Wildman–Crippen MR) is 123 cm³/mol. The number of unbranched alkanes of at least 4 members (excludes halogenated alkanes) is 1. The average Bonchev–Trinajstić information content (AvgIpc) is 2.84. The summed E-state index contributed by atoms with van der Waals surface area (Å²) in [6.45, 7) is 3.84. The smallest absolute Gasteiger partial charge is 0.269 e. The number of hydrogen-bond donors (Lipinski definition) is 1. The Bertz CT molecular complexity index is 920. The van der Waals surface area contributed by atoms with Gasteiger partial charge in [-0.2, -0.15) is 0 Å². The van der Waals surface area contributed by atoms with Crippen molar-refractivity contribution in [3.8, 4) is 0 Å². The van der Waals surface area contributed by atoms with Crippen molar-refractivity contribution in [3.05, 3.63) is 75.8 Å². The summed E-state index contributed by atoms with van der Waals surface area (Å²) in [6, 6.07) is 15.9. The molecule has 3 rings (SSSR count). The van der Waals surface area contributed by atoms with Crippen LogP contribution in [-0.2, 0) is 11.2 Å². The molecule has 1 fully saturated rings. The van der Waals surface area contributed by atoms with E-state index in [9.17, 15) is 19.7 Å². The lowest BCUT2D eigenvalue weighted by Crippen LogP contribution is -2.50. The van der Waals surface area contributed by atoms with Crippen molar-refractivity contribution in [2.45, 2.75) is 45.4 Å². The van der Waals surface area contributed by atoms with Gasteiger partial charge in [-0.1, -0.05) is 37.3 Å². The monoisotopic (exact) mass is 437 g/mol. The van der Waals surface area contributed by atoms with E-state index in [1.54, 1.807) is 12.1 Å². The van der Waals surface area contributed by atoms with E-state index in [1.807, 2.05) is 42.2 Å². The summed E-state index contributed by atoms with van der Waals surface area (Å²) >= 11 is 0. The van der Waals surface area contributed by atoms with Crippen LogP contribution in [0.2, 0.25) is 0 Å². The van der Waals surface area contributed by atoms with E-state index in [-0.39, 0.29) is 17.5 Å². The lowest BCUT2D eigenvalue weighted by Gasteiger charge is -2.40. The van der Waals surface area contributed by atoms with Gasteiger partial charge in [0.2, 0.25) is 5.91 Å². The number of carbonyl (C=O) groups is 2. The van der Waals surface area contributed by atoms with Crippen molar-refractivity contribution in [1.29, 1.82) is 0 Å². The maximum atomic E-state index is 13.0. The van der Waals surface area contributed by atoms with Gasteiger partial charge in [0.05, 0.1) is 10.3 Å². The summed E-state index contributed by atoms with van der Waals surface area (Å²) in [5.41, 5.74) is 1.44. The number of likely N-dealkylation sites (tertiary alicyclic amines) is 1. The highest BCUT2D eigenvalue weighted by Crippen LogP contribution is 2.35. The van der Waals surface area contributed by atoms with Crippen molar-refractivity contribution in [3.63, 3.8) is 0 Å². The summed E-state index contributed by atoms with van der Waals surface area (Å²) in [6.07, 6.45) is 4.68. The quantitative estimate of drug-likeness (QED) is 0.358. The third-order valence-corrected chi connectivity index (χ3v) is 6.51. The Morgan fingerprint density at radius 1 is 1.03 bits per heavy atom. The number of aryl methyl sites for hydroxylation is 1. The second-order valence-electron chi connectivity index (χ2n) is 8.43. The number of benzene rings is 2. The fourth-order valence-electron chi connectivity index (χ4n) is 4.27. The number of rotatable bonds is 9.